The van der Waals surface area contributed by atoms with E-state index in [1.165, 1.54) is 5.56 Å². The van der Waals surface area contributed by atoms with Crippen molar-refractivity contribution in [2.45, 2.75) is 38.8 Å². The van der Waals surface area contributed by atoms with Crippen molar-refractivity contribution in [1.82, 2.24) is 25.0 Å². The van der Waals surface area contributed by atoms with Gasteiger partial charge in [-0.15, -0.1) is 0 Å². The van der Waals surface area contributed by atoms with E-state index < -0.39 is 0 Å². The SMILES string of the molecule is Cc1nc([C@H]2CCCN(Cc3cnc(NCc4ccccc4)nc3)C2)no1. The molecule has 27 heavy (non-hydrogen) atoms. The first-order chi connectivity index (χ1) is 13.3. The van der Waals surface area contributed by atoms with Crippen LogP contribution in [0.4, 0.5) is 5.95 Å². The van der Waals surface area contributed by atoms with Crippen molar-refractivity contribution in [3.63, 3.8) is 0 Å². The van der Waals surface area contributed by atoms with Crippen LogP contribution in [0.3, 0.4) is 0 Å². The van der Waals surface area contributed by atoms with Gasteiger partial charge < -0.3 is 9.84 Å². The third-order valence-electron chi connectivity index (χ3n) is 4.82. The Hall–Kier alpha value is -2.80. The number of likely N-dealkylation sites (tertiary alicyclic amines) is 1. The minimum Gasteiger partial charge on any atom is -0.350 e. The molecule has 3 aromatic rings. The second-order valence-corrected chi connectivity index (χ2v) is 7.00. The zero-order chi connectivity index (χ0) is 18.5. The summed E-state index contributed by atoms with van der Waals surface area (Å²) in [6.07, 6.45) is 6.05. The summed E-state index contributed by atoms with van der Waals surface area (Å²) in [5.41, 5.74) is 2.33. The highest BCUT2D eigenvalue weighted by atomic mass is 16.5. The Kier molecular flexibility index (Phi) is 5.39. The van der Waals surface area contributed by atoms with Crippen LogP contribution < -0.4 is 5.32 Å². The Morgan fingerprint density at radius 1 is 1.15 bits per heavy atom. The fraction of sp³-hybridized carbons (Fsp3) is 0.400. The number of anilines is 1. The molecule has 0 aliphatic carbocycles. The largest absolute Gasteiger partial charge is 0.350 e. The lowest BCUT2D eigenvalue weighted by Gasteiger charge is -2.31. The van der Waals surface area contributed by atoms with Crippen LogP contribution in [0.1, 0.15) is 41.6 Å². The van der Waals surface area contributed by atoms with Gasteiger partial charge in [0, 0.05) is 50.4 Å². The fourth-order valence-corrected chi connectivity index (χ4v) is 3.45. The first-order valence-electron chi connectivity index (χ1n) is 9.37. The van der Waals surface area contributed by atoms with E-state index in [4.69, 9.17) is 4.52 Å². The molecular weight excluding hydrogens is 340 g/mol. The van der Waals surface area contributed by atoms with E-state index in [2.05, 4.69) is 42.5 Å². The molecule has 2 aromatic heterocycles. The summed E-state index contributed by atoms with van der Waals surface area (Å²) in [4.78, 5) is 15.7. The third kappa shape index (κ3) is 4.68. The summed E-state index contributed by atoms with van der Waals surface area (Å²) in [6, 6.07) is 10.2. The monoisotopic (exact) mass is 364 g/mol. The van der Waals surface area contributed by atoms with E-state index in [1.807, 2.05) is 37.5 Å². The van der Waals surface area contributed by atoms with Crippen LogP contribution in [-0.4, -0.2) is 38.1 Å². The maximum absolute atomic E-state index is 5.13. The lowest BCUT2D eigenvalue weighted by molar-refractivity contribution is 0.194. The van der Waals surface area contributed by atoms with Gasteiger partial charge in [-0.25, -0.2) is 9.97 Å². The number of aryl methyl sites for hydroxylation is 1. The molecule has 0 amide bonds. The second kappa shape index (κ2) is 8.26. The number of rotatable bonds is 6. The van der Waals surface area contributed by atoms with Gasteiger partial charge in [0.15, 0.2) is 5.82 Å². The number of piperidine rings is 1. The van der Waals surface area contributed by atoms with E-state index in [-0.39, 0.29) is 0 Å². The number of hydrogen-bond acceptors (Lipinski definition) is 7. The van der Waals surface area contributed by atoms with E-state index in [0.29, 0.717) is 17.8 Å². The molecule has 140 valence electrons. The molecule has 0 spiro atoms. The molecule has 1 N–H and O–H groups in total. The van der Waals surface area contributed by atoms with Gasteiger partial charge in [0.05, 0.1) is 0 Å². The van der Waals surface area contributed by atoms with Crippen LogP contribution in [0.2, 0.25) is 0 Å². The predicted octanol–water partition coefficient (Wildman–Crippen LogP) is 3.16. The number of hydrogen-bond donors (Lipinski definition) is 1. The van der Waals surface area contributed by atoms with Crippen molar-refractivity contribution >= 4 is 5.95 Å². The zero-order valence-electron chi connectivity index (χ0n) is 15.5. The molecule has 0 unspecified atom stereocenters. The number of nitrogens with one attached hydrogen (secondary N) is 1. The minimum absolute atomic E-state index is 0.337. The van der Waals surface area contributed by atoms with Crippen molar-refractivity contribution in [2.24, 2.45) is 0 Å². The maximum Gasteiger partial charge on any atom is 0.223 e. The van der Waals surface area contributed by atoms with Crippen molar-refractivity contribution in [3.8, 4) is 0 Å². The molecule has 1 saturated heterocycles. The third-order valence-corrected chi connectivity index (χ3v) is 4.82. The molecule has 1 aliphatic heterocycles. The smallest absolute Gasteiger partial charge is 0.223 e. The van der Waals surface area contributed by atoms with Crippen LogP contribution in [0.15, 0.2) is 47.2 Å². The molecule has 0 radical (unpaired) electrons. The molecule has 1 fully saturated rings. The highest BCUT2D eigenvalue weighted by Crippen LogP contribution is 2.25. The van der Waals surface area contributed by atoms with Gasteiger partial charge in [-0.05, 0) is 24.9 Å². The summed E-state index contributed by atoms with van der Waals surface area (Å²) in [6.45, 7) is 5.40. The lowest BCUT2D eigenvalue weighted by atomic mass is 9.97. The van der Waals surface area contributed by atoms with Gasteiger partial charge in [0.2, 0.25) is 11.8 Å². The van der Waals surface area contributed by atoms with Crippen molar-refractivity contribution < 1.29 is 4.52 Å². The number of nitrogens with zero attached hydrogens (tertiary/aromatic N) is 5. The molecule has 1 atom stereocenters. The van der Waals surface area contributed by atoms with Gasteiger partial charge in [0.25, 0.3) is 0 Å². The van der Waals surface area contributed by atoms with Crippen molar-refractivity contribution in [2.75, 3.05) is 18.4 Å². The first kappa shape index (κ1) is 17.6. The fourth-order valence-electron chi connectivity index (χ4n) is 3.45. The molecule has 4 rings (SSSR count). The molecule has 1 aliphatic rings. The summed E-state index contributed by atoms with van der Waals surface area (Å²) < 4.78 is 5.13. The van der Waals surface area contributed by atoms with Gasteiger partial charge in [-0.3, -0.25) is 4.90 Å². The maximum atomic E-state index is 5.13. The topological polar surface area (TPSA) is 80.0 Å². The molecule has 0 saturated carbocycles. The van der Waals surface area contributed by atoms with Crippen LogP contribution in [0, 0.1) is 6.92 Å². The van der Waals surface area contributed by atoms with Gasteiger partial charge >= 0.3 is 0 Å². The summed E-state index contributed by atoms with van der Waals surface area (Å²) >= 11 is 0. The van der Waals surface area contributed by atoms with Crippen LogP contribution >= 0.6 is 0 Å². The quantitative estimate of drug-likeness (QED) is 0.719. The highest BCUT2D eigenvalue weighted by Gasteiger charge is 2.25. The molecular formula is C20H24N6O. The highest BCUT2D eigenvalue weighted by molar-refractivity contribution is 5.28. The average molecular weight is 364 g/mol. The molecule has 0 bridgehead atoms. The minimum atomic E-state index is 0.337. The van der Waals surface area contributed by atoms with Gasteiger partial charge in [0.1, 0.15) is 0 Å². The van der Waals surface area contributed by atoms with E-state index in [9.17, 15) is 0 Å². The van der Waals surface area contributed by atoms with Gasteiger partial charge in [-0.2, -0.15) is 4.98 Å². The number of benzene rings is 1. The van der Waals surface area contributed by atoms with Crippen LogP contribution in [-0.2, 0) is 13.1 Å². The second-order valence-electron chi connectivity index (χ2n) is 7.00. The predicted molar refractivity (Wildman–Crippen MR) is 102 cm³/mol. The Balaban J connectivity index is 1.31. The number of aromatic nitrogens is 4. The van der Waals surface area contributed by atoms with Crippen LogP contribution in [0.5, 0.6) is 0 Å². The normalized spacial score (nSPS) is 17.7. The molecule has 3 heterocycles. The molecule has 7 heteroatoms. The Morgan fingerprint density at radius 3 is 2.70 bits per heavy atom. The molecule has 7 nitrogen and oxygen atoms in total. The Labute approximate surface area is 158 Å². The van der Waals surface area contributed by atoms with E-state index >= 15 is 0 Å². The van der Waals surface area contributed by atoms with Gasteiger partial charge in [-0.1, -0.05) is 35.5 Å². The van der Waals surface area contributed by atoms with Crippen molar-refractivity contribution in [1.29, 1.82) is 0 Å². The Bertz CT molecular complexity index is 848. The molecule has 1 aromatic carbocycles. The summed E-state index contributed by atoms with van der Waals surface area (Å²) in [5.74, 6) is 2.45. The van der Waals surface area contributed by atoms with Crippen LogP contribution in [0.25, 0.3) is 0 Å². The zero-order valence-corrected chi connectivity index (χ0v) is 15.5. The summed E-state index contributed by atoms with van der Waals surface area (Å²) in [5, 5.41) is 7.35. The van der Waals surface area contributed by atoms with Crippen molar-refractivity contribution in [3.05, 3.63) is 65.6 Å². The standard InChI is InChI=1S/C20H24N6O/c1-15-24-19(25-27-15)18-8-5-9-26(14-18)13-17-11-22-20(23-12-17)21-10-16-6-3-2-4-7-16/h2-4,6-7,11-12,18H,5,8-10,13-14H2,1H3,(H,21,22,23)/t18-/m0/s1. The lowest BCUT2D eigenvalue weighted by Crippen LogP contribution is -2.34. The van der Waals surface area contributed by atoms with E-state index in [0.717, 1.165) is 50.4 Å². The average Bonchev–Trinajstić information content (AvgIpc) is 3.15. The van der Waals surface area contributed by atoms with E-state index in [1.54, 1.807) is 0 Å². The Morgan fingerprint density at radius 2 is 1.96 bits per heavy atom. The summed E-state index contributed by atoms with van der Waals surface area (Å²) in [7, 11) is 0. The first-order valence-corrected chi connectivity index (χ1v) is 9.37.